The smallest absolute Gasteiger partial charge is 0.223 e. The van der Waals surface area contributed by atoms with Crippen LogP contribution in [0.5, 0.6) is 0 Å². The summed E-state index contributed by atoms with van der Waals surface area (Å²) in [5.41, 5.74) is 2.46. The summed E-state index contributed by atoms with van der Waals surface area (Å²) < 4.78 is 13.0. The minimum absolute atomic E-state index is 0.161. The largest absolute Gasteiger partial charge is 0.381 e. The van der Waals surface area contributed by atoms with Crippen molar-refractivity contribution in [1.29, 1.82) is 0 Å². The van der Waals surface area contributed by atoms with Gasteiger partial charge in [0.15, 0.2) is 0 Å². The maximum Gasteiger partial charge on any atom is 0.223 e. The number of hydrogen-bond acceptors (Lipinski definition) is 5. The lowest BCUT2D eigenvalue weighted by Gasteiger charge is -2.38. The number of carbonyl (C=O) groups excluding carboxylic acids is 1. The van der Waals surface area contributed by atoms with Crippen molar-refractivity contribution < 1.29 is 14.3 Å². The van der Waals surface area contributed by atoms with E-state index in [4.69, 9.17) is 9.47 Å². The average molecular weight is 350 g/mol. The zero-order chi connectivity index (χ0) is 17.8. The second kappa shape index (κ2) is 8.29. The number of morpholine rings is 1. The van der Waals surface area contributed by atoms with Crippen LogP contribution >= 0.6 is 0 Å². The van der Waals surface area contributed by atoms with Crippen LogP contribution < -0.4 is 0 Å². The molecule has 0 spiro atoms. The van der Waals surface area contributed by atoms with Crippen molar-refractivity contribution in [1.82, 2.24) is 19.6 Å². The highest BCUT2D eigenvalue weighted by Gasteiger charge is 2.32. The van der Waals surface area contributed by atoms with E-state index in [-0.39, 0.29) is 17.9 Å². The van der Waals surface area contributed by atoms with E-state index in [0.29, 0.717) is 32.7 Å². The first-order valence-corrected chi connectivity index (χ1v) is 9.16. The van der Waals surface area contributed by atoms with E-state index < -0.39 is 0 Å². The fourth-order valence-electron chi connectivity index (χ4n) is 3.91. The van der Waals surface area contributed by atoms with Crippen molar-refractivity contribution >= 4 is 5.91 Å². The molecule has 0 aromatic carbocycles. The van der Waals surface area contributed by atoms with E-state index in [1.807, 2.05) is 22.8 Å². The summed E-state index contributed by atoms with van der Waals surface area (Å²) in [5, 5.41) is 4.33. The van der Waals surface area contributed by atoms with Crippen molar-refractivity contribution in [3.05, 3.63) is 17.5 Å². The number of amides is 1. The summed E-state index contributed by atoms with van der Waals surface area (Å²) >= 11 is 0. The van der Waals surface area contributed by atoms with E-state index in [1.165, 1.54) is 11.3 Å². The summed E-state index contributed by atoms with van der Waals surface area (Å²) in [6, 6.07) is 0. The molecule has 25 heavy (non-hydrogen) atoms. The second-order valence-corrected chi connectivity index (χ2v) is 7.15. The molecule has 3 heterocycles. The van der Waals surface area contributed by atoms with Gasteiger partial charge in [0.25, 0.3) is 0 Å². The van der Waals surface area contributed by atoms with Gasteiger partial charge in [-0.15, -0.1) is 0 Å². The van der Waals surface area contributed by atoms with Crippen LogP contribution in [0, 0.1) is 12.8 Å². The standard InChI is InChI=1S/C18H30N4O3/c1-14-11-19-20(2)16(14)13-21-5-4-17(24-3)15(12-21)10-18(23)22-6-8-25-9-7-22/h11,15,17H,4-10,12-13H2,1-3H3/t15-,17-/m1/s1. The van der Waals surface area contributed by atoms with Gasteiger partial charge in [-0.2, -0.15) is 5.10 Å². The van der Waals surface area contributed by atoms with Crippen LogP contribution in [0.2, 0.25) is 0 Å². The van der Waals surface area contributed by atoms with Gasteiger partial charge in [-0.3, -0.25) is 14.4 Å². The van der Waals surface area contributed by atoms with Gasteiger partial charge in [-0.25, -0.2) is 0 Å². The fourth-order valence-corrected chi connectivity index (χ4v) is 3.91. The Hall–Kier alpha value is -1.44. The number of nitrogens with zero attached hydrogens (tertiary/aromatic N) is 4. The van der Waals surface area contributed by atoms with E-state index in [9.17, 15) is 4.79 Å². The molecule has 2 aliphatic rings. The molecule has 7 nitrogen and oxygen atoms in total. The number of piperidine rings is 1. The molecule has 140 valence electrons. The topological polar surface area (TPSA) is 59.8 Å². The van der Waals surface area contributed by atoms with E-state index >= 15 is 0 Å². The molecule has 1 aromatic heterocycles. The molecular formula is C18H30N4O3. The third-order valence-corrected chi connectivity index (χ3v) is 5.50. The highest BCUT2D eigenvalue weighted by atomic mass is 16.5. The van der Waals surface area contributed by atoms with Gasteiger partial charge in [0.1, 0.15) is 0 Å². The number of aromatic nitrogens is 2. The monoisotopic (exact) mass is 350 g/mol. The summed E-state index contributed by atoms with van der Waals surface area (Å²) in [7, 11) is 3.75. The van der Waals surface area contributed by atoms with Gasteiger partial charge in [-0.1, -0.05) is 0 Å². The molecule has 0 aliphatic carbocycles. The summed E-state index contributed by atoms with van der Waals surface area (Å²) in [6.07, 6.45) is 3.60. The molecule has 0 unspecified atom stereocenters. The number of likely N-dealkylation sites (tertiary alicyclic amines) is 1. The van der Waals surface area contributed by atoms with Crippen molar-refractivity contribution in [3.8, 4) is 0 Å². The maximum absolute atomic E-state index is 12.6. The number of aryl methyl sites for hydroxylation is 2. The van der Waals surface area contributed by atoms with Crippen molar-refractivity contribution in [2.45, 2.75) is 32.4 Å². The van der Waals surface area contributed by atoms with Crippen molar-refractivity contribution in [3.63, 3.8) is 0 Å². The Bertz CT molecular complexity index is 563. The molecule has 0 N–H and O–H groups in total. The van der Waals surface area contributed by atoms with Crippen LogP contribution in [0.1, 0.15) is 24.1 Å². The Balaban J connectivity index is 1.61. The van der Waals surface area contributed by atoms with E-state index in [1.54, 1.807) is 7.11 Å². The normalized spacial score (nSPS) is 25.3. The van der Waals surface area contributed by atoms with Crippen LogP contribution in [0.25, 0.3) is 0 Å². The second-order valence-electron chi connectivity index (χ2n) is 7.15. The third kappa shape index (κ3) is 4.40. The number of ether oxygens (including phenoxy) is 2. The lowest BCUT2D eigenvalue weighted by atomic mass is 9.90. The van der Waals surface area contributed by atoms with Gasteiger partial charge in [0, 0.05) is 59.2 Å². The maximum atomic E-state index is 12.6. The van der Waals surface area contributed by atoms with Crippen LogP contribution in [-0.4, -0.2) is 78.1 Å². The zero-order valence-corrected chi connectivity index (χ0v) is 15.6. The van der Waals surface area contributed by atoms with Crippen LogP contribution in [-0.2, 0) is 27.9 Å². The molecule has 0 saturated carbocycles. The van der Waals surface area contributed by atoms with Gasteiger partial charge in [0.2, 0.25) is 5.91 Å². The average Bonchev–Trinajstić information content (AvgIpc) is 2.95. The lowest BCUT2D eigenvalue weighted by molar-refractivity contribution is -0.138. The minimum Gasteiger partial charge on any atom is -0.381 e. The van der Waals surface area contributed by atoms with Crippen LogP contribution in [0.4, 0.5) is 0 Å². The minimum atomic E-state index is 0.161. The number of methoxy groups -OCH3 is 1. The predicted octanol–water partition coefficient (Wildman–Crippen LogP) is 0.814. The Kier molecular flexibility index (Phi) is 6.09. The molecule has 2 aliphatic heterocycles. The molecular weight excluding hydrogens is 320 g/mol. The van der Waals surface area contributed by atoms with Crippen LogP contribution in [0.3, 0.4) is 0 Å². The third-order valence-electron chi connectivity index (χ3n) is 5.50. The molecule has 1 amide bonds. The van der Waals surface area contributed by atoms with Crippen molar-refractivity contribution in [2.24, 2.45) is 13.0 Å². The first kappa shape index (κ1) is 18.4. The molecule has 2 atom stereocenters. The predicted molar refractivity (Wildman–Crippen MR) is 94.1 cm³/mol. The van der Waals surface area contributed by atoms with E-state index in [0.717, 1.165) is 26.1 Å². The Morgan fingerprint density at radius 1 is 1.36 bits per heavy atom. The van der Waals surface area contributed by atoms with Gasteiger partial charge in [0.05, 0.1) is 31.2 Å². The molecule has 2 fully saturated rings. The number of hydrogen-bond donors (Lipinski definition) is 0. The molecule has 3 rings (SSSR count). The lowest BCUT2D eigenvalue weighted by Crippen LogP contribution is -2.47. The van der Waals surface area contributed by atoms with Gasteiger partial charge < -0.3 is 14.4 Å². The fraction of sp³-hybridized carbons (Fsp3) is 0.778. The molecule has 0 radical (unpaired) electrons. The summed E-state index contributed by atoms with van der Waals surface area (Å²) in [6.45, 7) is 7.57. The first-order valence-electron chi connectivity index (χ1n) is 9.16. The van der Waals surface area contributed by atoms with Gasteiger partial charge >= 0.3 is 0 Å². The zero-order valence-electron chi connectivity index (χ0n) is 15.6. The SMILES string of the molecule is CO[C@@H]1CCN(Cc2c(C)cnn2C)C[C@H]1CC(=O)N1CCOCC1. The Morgan fingerprint density at radius 3 is 2.76 bits per heavy atom. The summed E-state index contributed by atoms with van der Waals surface area (Å²) in [5.74, 6) is 0.469. The highest BCUT2D eigenvalue weighted by molar-refractivity contribution is 5.76. The van der Waals surface area contributed by atoms with E-state index in [2.05, 4.69) is 16.9 Å². The summed E-state index contributed by atoms with van der Waals surface area (Å²) in [4.78, 5) is 17.0. The molecule has 2 saturated heterocycles. The van der Waals surface area contributed by atoms with Crippen molar-refractivity contribution in [2.75, 3.05) is 46.5 Å². The quantitative estimate of drug-likeness (QED) is 0.787. The van der Waals surface area contributed by atoms with Gasteiger partial charge in [-0.05, 0) is 18.9 Å². The van der Waals surface area contributed by atoms with Crippen LogP contribution in [0.15, 0.2) is 6.20 Å². The molecule has 7 heteroatoms. The number of rotatable bonds is 5. The number of carbonyl (C=O) groups is 1. The molecule has 0 bridgehead atoms. The highest BCUT2D eigenvalue weighted by Crippen LogP contribution is 2.25. The Morgan fingerprint density at radius 2 is 2.12 bits per heavy atom. The molecule has 1 aromatic rings. The first-order chi connectivity index (χ1) is 12.1. The Labute approximate surface area is 149 Å².